The Morgan fingerprint density at radius 1 is 1.14 bits per heavy atom. The molecule has 1 saturated carbocycles. The van der Waals surface area contributed by atoms with Crippen LogP contribution in [0.1, 0.15) is 38.1 Å². The number of benzene rings is 1. The summed E-state index contributed by atoms with van der Waals surface area (Å²) in [5.41, 5.74) is 0.790. The molecule has 11 heteroatoms. The fourth-order valence-electron chi connectivity index (χ4n) is 6.11. The first-order valence-corrected chi connectivity index (χ1v) is 12.3. The second kappa shape index (κ2) is 9.90. The minimum atomic E-state index is -0.831. The molecular formula is C24H32N6O5. The highest BCUT2D eigenvalue weighted by Crippen LogP contribution is 2.40. The summed E-state index contributed by atoms with van der Waals surface area (Å²) in [5.74, 6) is 0.814. The molecule has 2 aromatic rings. The van der Waals surface area contributed by atoms with Gasteiger partial charge in [-0.15, -0.1) is 10.2 Å². The topological polar surface area (TPSA) is 143 Å². The third-order valence-electron chi connectivity index (χ3n) is 7.95. The molecule has 1 aromatic heterocycles. The molecule has 1 aromatic carbocycles. The molecule has 5 rings (SSSR count). The van der Waals surface area contributed by atoms with Gasteiger partial charge < -0.3 is 20.3 Å². The van der Waals surface area contributed by atoms with Gasteiger partial charge in [-0.3, -0.25) is 14.5 Å². The fourth-order valence-corrected chi connectivity index (χ4v) is 6.11. The number of carboxylic acids is 2. The molecule has 6 unspecified atom stereocenters. The van der Waals surface area contributed by atoms with Crippen molar-refractivity contribution in [2.75, 3.05) is 26.7 Å². The van der Waals surface area contributed by atoms with Crippen LogP contribution in [0.4, 0.5) is 0 Å². The van der Waals surface area contributed by atoms with Gasteiger partial charge in [-0.2, -0.15) is 4.80 Å². The third kappa shape index (κ3) is 5.01. The number of hydrogen-bond donors (Lipinski definition) is 3. The zero-order valence-corrected chi connectivity index (χ0v) is 19.8. The Balaban J connectivity index is 1.25. The van der Waals surface area contributed by atoms with Gasteiger partial charge in [-0.05, 0) is 73.7 Å². The molecule has 0 amide bonds. The van der Waals surface area contributed by atoms with Gasteiger partial charge in [0.2, 0.25) is 5.82 Å². The number of methoxy groups -OCH3 is 1. The molecule has 0 spiro atoms. The van der Waals surface area contributed by atoms with Crippen molar-refractivity contribution in [2.24, 2.45) is 17.8 Å². The summed E-state index contributed by atoms with van der Waals surface area (Å²) in [6, 6.07) is 6.20. The van der Waals surface area contributed by atoms with E-state index in [-0.39, 0.29) is 6.04 Å². The first-order chi connectivity index (χ1) is 16.9. The Morgan fingerprint density at radius 3 is 2.77 bits per heavy atom. The van der Waals surface area contributed by atoms with Crippen LogP contribution < -0.4 is 10.1 Å². The van der Waals surface area contributed by atoms with Gasteiger partial charge in [-0.1, -0.05) is 12.1 Å². The quantitative estimate of drug-likeness (QED) is 0.529. The van der Waals surface area contributed by atoms with Crippen LogP contribution >= 0.6 is 0 Å². The molecular weight excluding hydrogens is 452 g/mol. The van der Waals surface area contributed by atoms with Crippen molar-refractivity contribution in [3.8, 4) is 17.1 Å². The lowest BCUT2D eigenvalue weighted by molar-refractivity contribution is -0.143. The van der Waals surface area contributed by atoms with Crippen molar-refractivity contribution in [3.05, 3.63) is 24.3 Å². The smallest absolute Gasteiger partial charge is 0.321 e. The van der Waals surface area contributed by atoms with Crippen molar-refractivity contribution in [1.29, 1.82) is 0 Å². The summed E-state index contributed by atoms with van der Waals surface area (Å²) in [7, 11) is 1.60. The highest BCUT2D eigenvalue weighted by Gasteiger charge is 2.42. The summed E-state index contributed by atoms with van der Waals surface area (Å²) >= 11 is 0. The van der Waals surface area contributed by atoms with E-state index in [0.717, 1.165) is 31.4 Å². The van der Waals surface area contributed by atoms with Gasteiger partial charge in [0.05, 0.1) is 13.2 Å². The molecule has 6 atom stereocenters. The molecule has 2 aliphatic heterocycles. The Labute approximate surface area is 203 Å². The Bertz CT molecular complexity index is 1080. The average molecular weight is 485 g/mol. The second-order valence-corrected chi connectivity index (χ2v) is 10.1. The molecule has 0 bridgehead atoms. The maximum Gasteiger partial charge on any atom is 0.321 e. The fraction of sp³-hybridized carbons (Fsp3) is 0.625. The van der Waals surface area contributed by atoms with Crippen molar-refractivity contribution in [2.45, 2.75) is 50.2 Å². The van der Waals surface area contributed by atoms with Gasteiger partial charge in [-0.25, -0.2) is 0 Å². The Hall–Kier alpha value is -3.05. The zero-order chi connectivity index (χ0) is 24.5. The van der Waals surface area contributed by atoms with Crippen LogP contribution in [0.2, 0.25) is 0 Å². The molecule has 0 radical (unpaired) electrons. The molecule has 3 heterocycles. The number of fused-ring (bicyclic) bond motifs is 1. The number of likely N-dealkylation sites (tertiary alicyclic amines) is 1. The summed E-state index contributed by atoms with van der Waals surface area (Å²) in [6.07, 6.45) is 4.11. The summed E-state index contributed by atoms with van der Waals surface area (Å²) in [6.45, 7) is 2.00. The van der Waals surface area contributed by atoms with Crippen molar-refractivity contribution < 1.29 is 24.5 Å². The lowest BCUT2D eigenvalue weighted by Gasteiger charge is -2.42. The van der Waals surface area contributed by atoms with Gasteiger partial charge in [0.1, 0.15) is 17.8 Å². The lowest BCUT2D eigenvalue weighted by atomic mass is 9.69. The van der Waals surface area contributed by atoms with Crippen molar-refractivity contribution >= 4 is 11.9 Å². The van der Waals surface area contributed by atoms with E-state index in [1.165, 1.54) is 0 Å². The van der Waals surface area contributed by atoms with Gasteiger partial charge in [0.25, 0.3) is 0 Å². The van der Waals surface area contributed by atoms with E-state index >= 15 is 0 Å². The van der Waals surface area contributed by atoms with Gasteiger partial charge >= 0.3 is 11.9 Å². The molecule has 3 N–H and O–H groups in total. The summed E-state index contributed by atoms with van der Waals surface area (Å²) in [5, 5.41) is 35.4. The number of rotatable bonds is 7. The van der Waals surface area contributed by atoms with Crippen LogP contribution in [0.3, 0.4) is 0 Å². The van der Waals surface area contributed by atoms with Crippen LogP contribution in [0.25, 0.3) is 11.4 Å². The van der Waals surface area contributed by atoms with Gasteiger partial charge in [0, 0.05) is 18.7 Å². The Morgan fingerprint density at radius 2 is 2.00 bits per heavy atom. The van der Waals surface area contributed by atoms with E-state index in [1.807, 2.05) is 29.2 Å². The number of piperidine rings is 1. The molecule has 35 heavy (non-hydrogen) atoms. The van der Waals surface area contributed by atoms with Crippen LogP contribution in [0.15, 0.2) is 24.3 Å². The van der Waals surface area contributed by atoms with Crippen LogP contribution in [-0.4, -0.2) is 86.1 Å². The number of nitrogens with zero attached hydrogens (tertiary/aromatic N) is 5. The highest BCUT2D eigenvalue weighted by molar-refractivity contribution is 5.74. The minimum absolute atomic E-state index is 0.172. The summed E-state index contributed by atoms with van der Waals surface area (Å²) < 4.78 is 5.27. The van der Waals surface area contributed by atoms with E-state index in [9.17, 15) is 19.8 Å². The number of tetrazole rings is 1. The maximum atomic E-state index is 12.1. The molecule has 2 saturated heterocycles. The zero-order valence-electron chi connectivity index (χ0n) is 19.8. The number of ether oxygens (including phenoxy) is 1. The van der Waals surface area contributed by atoms with Gasteiger partial charge in [0.15, 0.2) is 0 Å². The number of aliphatic carboxylic acids is 2. The molecule has 3 aliphatic rings. The first-order valence-electron chi connectivity index (χ1n) is 12.3. The van der Waals surface area contributed by atoms with E-state index < -0.39 is 24.0 Å². The monoisotopic (exact) mass is 484 g/mol. The average Bonchev–Trinajstić information content (AvgIpc) is 3.51. The first kappa shape index (κ1) is 23.7. The van der Waals surface area contributed by atoms with Crippen LogP contribution in [0.5, 0.6) is 5.75 Å². The Kier molecular flexibility index (Phi) is 6.70. The maximum absolute atomic E-state index is 12.1. The number of carbonyl (C=O) groups is 2. The summed E-state index contributed by atoms with van der Waals surface area (Å²) in [4.78, 5) is 27.1. The molecule has 3 fully saturated rings. The SMILES string of the molecule is COc1cccc(-c2nnn(C3CC(C(=O)O)N(CC4CCC5CNC(C(=O)O)CC5C4)C3)n2)c1. The van der Waals surface area contributed by atoms with E-state index in [0.29, 0.717) is 55.3 Å². The third-order valence-corrected chi connectivity index (χ3v) is 7.95. The number of nitrogens with one attached hydrogen (secondary N) is 1. The van der Waals surface area contributed by atoms with Crippen LogP contribution in [-0.2, 0) is 9.59 Å². The standard InChI is InChI=1S/C24H32N6O5/c1-35-19-4-2-3-15(8-19)22-26-28-30(27-22)18-10-21(24(33)34)29(13-18)12-14-5-6-16-11-25-20(23(31)32)9-17(16)7-14/h2-4,8,14,16-18,20-21,25H,5-7,9-13H2,1H3,(H,31,32)(H,33,34). The molecule has 1 aliphatic carbocycles. The number of carboxylic acid groups (broad SMARTS) is 2. The van der Waals surface area contributed by atoms with Crippen LogP contribution in [0, 0.1) is 17.8 Å². The van der Waals surface area contributed by atoms with Crippen molar-refractivity contribution in [3.63, 3.8) is 0 Å². The van der Waals surface area contributed by atoms with E-state index in [2.05, 4.69) is 20.7 Å². The van der Waals surface area contributed by atoms with E-state index in [4.69, 9.17) is 4.74 Å². The predicted molar refractivity (Wildman–Crippen MR) is 125 cm³/mol. The molecule has 188 valence electrons. The number of hydrogen-bond acceptors (Lipinski definition) is 8. The number of aromatic nitrogens is 4. The van der Waals surface area contributed by atoms with Crippen molar-refractivity contribution in [1.82, 2.24) is 30.4 Å². The highest BCUT2D eigenvalue weighted by atomic mass is 16.5. The predicted octanol–water partition coefficient (Wildman–Crippen LogP) is 1.53. The minimum Gasteiger partial charge on any atom is -0.497 e. The molecule has 11 nitrogen and oxygen atoms in total. The largest absolute Gasteiger partial charge is 0.497 e. The second-order valence-electron chi connectivity index (χ2n) is 10.1. The lowest BCUT2D eigenvalue weighted by Crippen LogP contribution is -2.50. The normalized spacial score (nSPS) is 31.1. The van der Waals surface area contributed by atoms with E-state index in [1.54, 1.807) is 11.9 Å².